The summed E-state index contributed by atoms with van der Waals surface area (Å²) in [5, 5.41) is 5.93. The van der Waals surface area contributed by atoms with Gasteiger partial charge in [-0.15, -0.1) is 6.58 Å². The molecule has 0 aliphatic heterocycles. The minimum absolute atomic E-state index is 0.0782. The molecule has 0 atom stereocenters. The molecular formula is C16H23FN4O2. The van der Waals surface area contributed by atoms with Crippen LogP contribution >= 0.6 is 0 Å². The number of ether oxygens (including phenoxy) is 1. The highest BCUT2D eigenvalue weighted by Gasteiger charge is 2.06. The van der Waals surface area contributed by atoms with Gasteiger partial charge >= 0.3 is 0 Å². The quantitative estimate of drug-likeness (QED) is 0.449. The molecule has 0 heterocycles. The maximum atomic E-state index is 13.5. The van der Waals surface area contributed by atoms with E-state index in [2.05, 4.69) is 22.2 Å². The molecule has 23 heavy (non-hydrogen) atoms. The van der Waals surface area contributed by atoms with Crippen LogP contribution in [0, 0.1) is 5.82 Å². The lowest BCUT2D eigenvalue weighted by atomic mass is 10.2. The van der Waals surface area contributed by atoms with Crippen molar-refractivity contribution >= 4 is 11.9 Å². The molecule has 2 N–H and O–H groups in total. The van der Waals surface area contributed by atoms with E-state index in [1.807, 2.05) is 0 Å². The van der Waals surface area contributed by atoms with Gasteiger partial charge in [-0.2, -0.15) is 0 Å². The molecule has 1 aromatic rings. The Morgan fingerprint density at radius 1 is 1.39 bits per heavy atom. The number of nitrogens with one attached hydrogen (secondary N) is 2. The van der Waals surface area contributed by atoms with Crippen molar-refractivity contribution in [2.45, 2.75) is 6.54 Å². The van der Waals surface area contributed by atoms with Crippen molar-refractivity contribution in [3.05, 3.63) is 42.2 Å². The Bertz CT molecular complexity index is 573. The third kappa shape index (κ3) is 6.82. The van der Waals surface area contributed by atoms with Gasteiger partial charge in [-0.3, -0.25) is 4.79 Å². The predicted octanol–water partition coefficient (Wildman–Crippen LogP) is 1.14. The number of amides is 1. The van der Waals surface area contributed by atoms with Crippen LogP contribution < -0.4 is 15.4 Å². The third-order valence-electron chi connectivity index (χ3n) is 2.91. The first-order valence-electron chi connectivity index (χ1n) is 7.13. The minimum atomic E-state index is -0.383. The van der Waals surface area contributed by atoms with Gasteiger partial charge < -0.3 is 20.3 Å². The molecule has 0 bridgehead atoms. The normalized spacial score (nSPS) is 10.9. The molecule has 1 aromatic carbocycles. The SMILES string of the molecule is C=CCNC(=NCc1cc(F)cc(OC)c1)NCC(=O)N(C)C. The molecule has 0 spiro atoms. The Balaban J connectivity index is 2.77. The van der Waals surface area contributed by atoms with Crippen molar-refractivity contribution in [1.29, 1.82) is 0 Å². The number of carbonyl (C=O) groups is 1. The maximum Gasteiger partial charge on any atom is 0.241 e. The standard InChI is InChI=1S/C16H23FN4O2/c1-5-6-18-16(20-11-15(22)21(2)3)19-10-12-7-13(17)9-14(8-12)23-4/h5,7-9H,1,6,10-11H2,2-4H3,(H2,18,19,20). The van der Waals surface area contributed by atoms with E-state index in [-0.39, 0.29) is 24.8 Å². The summed E-state index contributed by atoms with van der Waals surface area (Å²) in [5.41, 5.74) is 0.667. The van der Waals surface area contributed by atoms with E-state index in [0.29, 0.717) is 23.8 Å². The average molecular weight is 322 g/mol. The van der Waals surface area contributed by atoms with Crippen LogP contribution in [0.25, 0.3) is 0 Å². The Morgan fingerprint density at radius 2 is 2.13 bits per heavy atom. The van der Waals surface area contributed by atoms with E-state index < -0.39 is 0 Å². The first-order valence-corrected chi connectivity index (χ1v) is 7.13. The van der Waals surface area contributed by atoms with Crippen LogP contribution in [-0.4, -0.2) is 51.1 Å². The number of nitrogens with zero attached hydrogens (tertiary/aromatic N) is 2. The predicted molar refractivity (Wildman–Crippen MR) is 89.0 cm³/mol. The van der Waals surface area contributed by atoms with Gasteiger partial charge in [0, 0.05) is 26.7 Å². The molecule has 7 heteroatoms. The smallest absolute Gasteiger partial charge is 0.241 e. The lowest BCUT2D eigenvalue weighted by Gasteiger charge is -2.14. The molecule has 1 rings (SSSR count). The Kier molecular flexibility index (Phi) is 7.59. The number of benzene rings is 1. The van der Waals surface area contributed by atoms with Crippen LogP contribution in [0.15, 0.2) is 35.8 Å². The number of methoxy groups -OCH3 is 1. The zero-order valence-electron chi connectivity index (χ0n) is 13.7. The van der Waals surface area contributed by atoms with Crippen LogP contribution in [0.5, 0.6) is 5.75 Å². The lowest BCUT2D eigenvalue weighted by Crippen LogP contribution is -2.43. The number of hydrogen-bond acceptors (Lipinski definition) is 3. The van der Waals surface area contributed by atoms with Gasteiger partial charge in [-0.25, -0.2) is 9.38 Å². The molecule has 0 saturated heterocycles. The fourth-order valence-corrected chi connectivity index (χ4v) is 1.66. The van der Waals surface area contributed by atoms with Gasteiger partial charge in [0.1, 0.15) is 11.6 Å². The van der Waals surface area contributed by atoms with E-state index in [4.69, 9.17) is 4.74 Å². The molecular weight excluding hydrogens is 299 g/mol. The van der Waals surface area contributed by atoms with Gasteiger partial charge in [0.25, 0.3) is 0 Å². The first kappa shape index (κ1) is 18.5. The molecule has 0 radical (unpaired) electrons. The molecule has 0 saturated carbocycles. The highest BCUT2D eigenvalue weighted by molar-refractivity contribution is 5.86. The number of halogens is 1. The van der Waals surface area contributed by atoms with E-state index in [0.717, 1.165) is 0 Å². The maximum absolute atomic E-state index is 13.5. The number of aliphatic imine (C=N–C) groups is 1. The van der Waals surface area contributed by atoms with Crippen molar-refractivity contribution in [2.75, 3.05) is 34.3 Å². The molecule has 0 aliphatic rings. The topological polar surface area (TPSA) is 66.0 Å². The van der Waals surface area contributed by atoms with Crippen molar-refractivity contribution in [2.24, 2.45) is 4.99 Å². The fraction of sp³-hybridized carbons (Fsp3) is 0.375. The van der Waals surface area contributed by atoms with Gasteiger partial charge in [-0.05, 0) is 17.7 Å². The summed E-state index contributed by atoms with van der Waals surface area (Å²) in [5.74, 6) is 0.422. The summed E-state index contributed by atoms with van der Waals surface area (Å²) >= 11 is 0. The van der Waals surface area contributed by atoms with Gasteiger partial charge in [0.2, 0.25) is 5.91 Å². The summed E-state index contributed by atoms with van der Waals surface area (Å²) in [6.07, 6.45) is 1.68. The lowest BCUT2D eigenvalue weighted by molar-refractivity contribution is -0.127. The van der Waals surface area contributed by atoms with Gasteiger partial charge in [-0.1, -0.05) is 6.08 Å². The van der Waals surface area contributed by atoms with Crippen LogP contribution in [0.2, 0.25) is 0 Å². The number of carbonyl (C=O) groups excluding carboxylic acids is 1. The Hall–Kier alpha value is -2.57. The van der Waals surface area contributed by atoms with Crippen molar-refractivity contribution < 1.29 is 13.9 Å². The third-order valence-corrected chi connectivity index (χ3v) is 2.91. The number of rotatable bonds is 7. The highest BCUT2D eigenvalue weighted by Crippen LogP contribution is 2.16. The molecule has 126 valence electrons. The van der Waals surface area contributed by atoms with Crippen molar-refractivity contribution in [3.63, 3.8) is 0 Å². The highest BCUT2D eigenvalue weighted by atomic mass is 19.1. The van der Waals surface area contributed by atoms with Gasteiger partial charge in [0.15, 0.2) is 5.96 Å². The van der Waals surface area contributed by atoms with Crippen LogP contribution in [0.3, 0.4) is 0 Å². The number of likely N-dealkylation sites (N-methyl/N-ethyl adjacent to an activating group) is 1. The first-order chi connectivity index (χ1) is 11.0. The van der Waals surface area contributed by atoms with Gasteiger partial charge in [0.05, 0.1) is 20.2 Å². The number of hydrogen-bond donors (Lipinski definition) is 2. The number of guanidine groups is 1. The Morgan fingerprint density at radius 3 is 2.74 bits per heavy atom. The van der Waals surface area contributed by atoms with Crippen molar-refractivity contribution in [1.82, 2.24) is 15.5 Å². The molecule has 0 fully saturated rings. The monoisotopic (exact) mass is 322 g/mol. The second-order valence-electron chi connectivity index (χ2n) is 4.98. The van der Waals surface area contributed by atoms with Crippen LogP contribution in [-0.2, 0) is 11.3 Å². The summed E-state index contributed by atoms with van der Waals surface area (Å²) in [7, 11) is 4.83. The second kappa shape index (κ2) is 9.45. The van der Waals surface area contributed by atoms with E-state index in [1.54, 1.807) is 26.2 Å². The van der Waals surface area contributed by atoms with Crippen LogP contribution in [0.4, 0.5) is 4.39 Å². The van der Waals surface area contributed by atoms with Crippen molar-refractivity contribution in [3.8, 4) is 5.75 Å². The zero-order valence-corrected chi connectivity index (χ0v) is 13.7. The molecule has 0 aliphatic carbocycles. The fourth-order valence-electron chi connectivity index (χ4n) is 1.66. The summed E-state index contributed by atoms with van der Waals surface area (Å²) in [6.45, 7) is 4.48. The molecule has 1 amide bonds. The largest absolute Gasteiger partial charge is 0.497 e. The van der Waals surface area contributed by atoms with E-state index in [9.17, 15) is 9.18 Å². The average Bonchev–Trinajstić information content (AvgIpc) is 2.53. The summed E-state index contributed by atoms with van der Waals surface area (Å²) in [6, 6.07) is 4.41. The second-order valence-corrected chi connectivity index (χ2v) is 4.98. The molecule has 6 nitrogen and oxygen atoms in total. The molecule has 0 aromatic heterocycles. The van der Waals surface area contributed by atoms with E-state index in [1.165, 1.54) is 24.1 Å². The summed E-state index contributed by atoms with van der Waals surface area (Å²) in [4.78, 5) is 17.4. The summed E-state index contributed by atoms with van der Waals surface area (Å²) < 4.78 is 18.5. The Labute approximate surface area is 136 Å². The van der Waals surface area contributed by atoms with E-state index >= 15 is 0 Å². The zero-order chi connectivity index (χ0) is 17.2. The molecule has 0 unspecified atom stereocenters. The minimum Gasteiger partial charge on any atom is -0.497 e. The van der Waals surface area contributed by atoms with Crippen LogP contribution in [0.1, 0.15) is 5.56 Å².